The molecule has 0 aliphatic carbocycles. The Morgan fingerprint density at radius 1 is 1.28 bits per heavy atom. The van der Waals surface area contributed by atoms with E-state index in [4.69, 9.17) is 11.6 Å². The van der Waals surface area contributed by atoms with Crippen LogP contribution in [0.2, 0.25) is 5.02 Å². The predicted molar refractivity (Wildman–Crippen MR) is 114 cm³/mol. The summed E-state index contributed by atoms with van der Waals surface area (Å²) in [6.07, 6.45) is 4.05. The number of nitrogens with zero attached hydrogens (tertiary/aromatic N) is 3. The zero-order chi connectivity index (χ0) is 21.0. The molecule has 0 atom stereocenters. The first kappa shape index (κ1) is 21.8. The van der Waals surface area contributed by atoms with Gasteiger partial charge < -0.3 is 5.32 Å². The van der Waals surface area contributed by atoms with Crippen LogP contribution in [0.5, 0.6) is 0 Å². The highest BCUT2D eigenvalue weighted by molar-refractivity contribution is 7.89. The average Bonchev–Trinajstić information content (AvgIpc) is 3.12. The van der Waals surface area contributed by atoms with Gasteiger partial charge in [-0.25, -0.2) is 17.4 Å². The summed E-state index contributed by atoms with van der Waals surface area (Å²) in [5, 5.41) is 8.04. The van der Waals surface area contributed by atoms with E-state index in [0.29, 0.717) is 49.4 Å². The number of halogens is 1. The number of benzene rings is 1. The van der Waals surface area contributed by atoms with Crippen molar-refractivity contribution >= 4 is 27.5 Å². The molecule has 1 aliphatic heterocycles. The zero-order valence-corrected chi connectivity index (χ0v) is 18.3. The highest BCUT2D eigenvalue weighted by atomic mass is 35.5. The summed E-state index contributed by atoms with van der Waals surface area (Å²) in [5.41, 5.74) is 2.16. The summed E-state index contributed by atoms with van der Waals surface area (Å²) in [7, 11) is -3.18. The third-order valence-corrected chi connectivity index (χ3v) is 7.46. The molecule has 158 valence electrons. The van der Waals surface area contributed by atoms with Crippen LogP contribution in [0.25, 0.3) is 5.69 Å². The van der Waals surface area contributed by atoms with Crippen LogP contribution in [0.4, 0.5) is 0 Å². The lowest BCUT2D eigenvalue weighted by molar-refractivity contribution is 0.0923. The third-order valence-electron chi connectivity index (χ3n) is 5.15. The molecule has 1 N–H and O–H groups in total. The van der Waals surface area contributed by atoms with Crippen molar-refractivity contribution < 1.29 is 13.2 Å². The van der Waals surface area contributed by atoms with E-state index < -0.39 is 10.0 Å². The molecule has 0 unspecified atom stereocenters. The summed E-state index contributed by atoms with van der Waals surface area (Å²) in [4.78, 5) is 12.9. The van der Waals surface area contributed by atoms with Crippen molar-refractivity contribution in [3.05, 3.63) is 46.7 Å². The highest BCUT2D eigenvalue weighted by Crippen LogP contribution is 2.20. The Balaban J connectivity index is 1.68. The van der Waals surface area contributed by atoms with Crippen molar-refractivity contribution in [1.82, 2.24) is 19.4 Å². The van der Waals surface area contributed by atoms with Crippen LogP contribution in [-0.2, 0) is 16.4 Å². The van der Waals surface area contributed by atoms with Gasteiger partial charge >= 0.3 is 0 Å². The maximum absolute atomic E-state index is 12.9. The molecular formula is C20H27ClN4O3S. The van der Waals surface area contributed by atoms with Crippen molar-refractivity contribution in [3.63, 3.8) is 0 Å². The average molecular weight is 439 g/mol. The standard InChI is InChI=1S/C20H27ClN4O3S/c1-3-12-29(27,28)24-10-8-16(9-11-24)23-20(26)18-14-22-25(19(18)4-2)17-7-5-6-15(21)13-17/h5-7,13-14,16H,3-4,8-12H2,1-2H3,(H,23,26). The normalized spacial score (nSPS) is 16.1. The Labute approximate surface area is 177 Å². The first-order valence-corrected chi connectivity index (χ1v) is 12.0. The van der Waals surface area contributed by atoms with Gasteiger partial charge in [0, 0.05) is 24.2 Å². The number of piperidine rings is 1. The summed E-state index contributed by atoms with van der Waals surface area (Å²) in [6, 6.07) is 7.29. The minimum Gasteiger partial charge on any atom is -0.349 e. The molecule has 1 fully saturated rings. The van der Waals surface area contributed by atoms with E-state index in [2.05, 4.69) is 10.4 Å². The smallest absolute Gasteiger partial charge is 0.254 e. The fraction of sp³-hybridized carbons (Fsp3) is 0.500. The van der Waals surface area contributed by atoms with Gasteiger partial charge in [0.05, 0.1) is 28.9 Å². The second kappa shape index (κ2) is 9.28. The SMILES string of the molecule is CCCS(=O)(=O)N1CCC(NC(=O)c2cnn(-c3cccc(Cl)c3)c2CC)CC1. The fourth-order valence-electron chi connectivity index (χ4n) is 3.66. The maximum Gasteiger partial charge on any atom is 0.254 e. The first-order chi connectivity index (χ1) is 13.9. The van der Waals surface area contributed by atoms with E-state index in [1.165, 1.54) is 4.31 Å². The number of amides is 1. The van der Waals surface area contributed by atoms with E-state index >= 15 is 0 Å². The molecule has 1 amide bonds. The molecule has 3 rings (SSSR count). The van der Waals surface area contributed by atoms with Crippen LogP contribution in [0.15, 0.2) is 30.5 Å². The Morgan fingerprint density at radius 2 is 2.00 bits per heavy atom. The number of rotatable bonds is 7. The van der Waals surface area contributed by atoms with Crippen molar-refractivity contribution in [2.24, 2.45) is 0 Å². The van der Waals surface area contributed by atoms with E-state index in [-0.39, 0.29) is 17.7 Å². The van der Waals surface area contributed by atoms with Gasteiger partial charge in [0.2, 0.25) is 10.0 Å². The number of hydrogen-bond acceptors (Lipinski definition) is 4. The van der Waals surface area contributed by atoms with Gasteiger partial charge in [-0.15, -0.1) is 0 Å². The van der Waals surface area contributed by atoms with Crippen LogP contribution < -0.4 is 5.32 Å². The molecule has 1 aromatic heterocycles. The predicted octanol–water partition coefficient (Wildman–Crippen LogP) is 3.02. The second-order valence-corrected chi connectivity index (χ2v) is 9.74. The summed E-state index contributed by atoms with van der Waals surface area (Å²) in [6.45, 7) is 4.72. The molecule has 2 aromatic rings. The molecule has 7 nitrogen and oxygen atoms in total. The number of sulfonamides is 1. The van der Waals surface area contributed by atoms with Crippen molar-refractivity contribution in [3.8, 4) is 5.69 Å². The van der Waals surface area contributed by atoms with Crippen LogP contribution >= 0.6 is 11.6 Å². The monoisotopic (exact) mass is 438 g/mol. The maximum atomic E-state index is 12.9. The molecule has 1 aliphatic rings. The molecule has 0 bridgehead atoms. The quantitative estimate of drug-likeness (QED) is 0.720. The lowest BCUT2D eigenvalue weighted by Gasteiger charge is -2.31. The van der Waals surface area contributed by atoms with Gasteiger partial charge in [-0.3, -0.25) is 4.79 Å². The van der Waals surface area contributed by atoms with Crippen LogP contribution in [0.1, 0.15) is 49.2 Å². The first-order valence-electron chi connectivity index (χ1n) is 9.97. The summed E-state index contributed by atoms with van der Waals surface area (Å²) >= 11 is 6.08. The van der Waals surface area contributed by atoms with Crippen LogP contribution in [-0.4, -0.2) is 53.3 Å². The Hall–Kier alpha value is -1.90. The molecule has 9 heteroatoms. The largest absolute Gasteiger partial charge is 0.349 e. The number of nitrogens with one attached hydrogen (secondary N) is 1. The number of hydrogen-bond donors (Lipinski definition) is 1. The van der Waals surface area contributed by atoms with E-state index in [9.17, 15) is 13.2 Å². The van der Waals surface area contributed by atoms with E-state index in [0.717, 1.165) is 11.4 Å². The molecule has 1 aromatic carbocycles. The Kier molecular flexibility index (Phi) is 6.97. The van der Waals surface area contributed by atoms with Crippen LogP contribution in [0.3, 0.4) is 0 Å². The summed E-state index contributed by atoms with van der Waals surface area (Å²) in [5.74, 6) is -0.00274. The minimum atomic E-state index is -3.18. The molecule has 0 saturated carbocycles. The number of aromatic nitrogens is 2. The van der Waals surface area contributed by atoms with Crippen molar-refractivity contribution in [2.45, 2.75) is 45.6 Å². The molecule has 1 saturated heterocycles. The highest BCUT2D eigenvalue weighted by Gasteiger charge is 2.29. The van der Waals surface area contributed by atoms with Gasteiger partial charge in [-0.2, -0.15) is 5.10 Å². The summed E-state index contributed by atoms with van der Waals surface area (Å²) < 4.78 is 27.7. The zero-order valence-electron chi connectivity index (χ0n) is 16.8. The Bertz CT molecular complexity index is 966. The molecule has 0 radical (unpaired) electrons. The molecule has 29 heavy (non-hydrogen) atoms. The fourth-order valence-corrected chi connectivity index (χ4v) is 5.39. The van der Waals surface area contributed by atoms with Crippen LogP contribution in [0, 0.1) is 0 Å². The number of carbonyl (C=O) groups excluding carboxylic acids is 1. The lowest BCUT2D eigenvalue weighted by Crippen LogP contribution is -2.47. The van der Waals surface area contributed by atoms with Crippen molar-refractivity contribution in [2.75, 3.05) is 18.8 Å². The third kappa shape index (κ3) is 4.99. The number of carbonyl (C=O) groups is 1. The molecule has 2 heterocycles. The topological polar surface area (TPSA) is 84.3 Å². The van der Waals surface area contributed by atoms with Gasteiger partial charge in [0.25, 0.3) is 5.91 Å². The second-order valence-electron chi connectivity index (χ2n) is 7.21. The van der Waals surface area contributed by atoms with Gasteiger partial charge in [-0.05, 0) is 43.9 Å². The Morgan fingerprint density at radius 3 is 2.62 bits per heavy atom. The van der Waals surface area contributed by atoms with Gasteiger partial charge in [0.15, 0.2) is 0 Å². The van der Waals surface area contributed by atoms with E-state index in [1.54, 1.807) is 16.9 Å². The van der Waals surface area contributed by atoms with Crippen molar-refractivity contribution in [1.29, 1.82) is 0 Å². The molecular weight excluding hydrogens is 412 g/mol. The minimum absolute atomic E-state index is 0.0465. The van der Waals surface area contributed by atoms with E-state index in [1.807, 2.05) is 32.0 Å². The van der Waals surface area contributed by atoms with Gasteiger partial charge in [0.1, 0.15) is 0 Å². The molecule has 0 spiro atoms. The van der Waals surface area contributed by atoms with Gasteiger partial charge in [-0.1, -0.05) is 31.5 Å². The lowest BCUT2D eigenvalue weighted by atomic mass is 10.1.